The van der Waals surface area contributed by atoms with Crippen LogP contribution in [0.2, 0.25) is 0 Å². The standard InChI is InChI=1S/C19H19NO3/c1-12-9-13(2)11-15(10-12)18(21)20-8-7-14-5-3-4-6-16(14)17(20)19(22)23/h3-6,9-11,17H,7-8H2,1-2H3,(H,22,23). The minimum Gasteiger partial charge on any atom is -0.479 e. The normalized spacial score (nSPS) is 16.8. The van der Waals surface area contributed by atoms with Crippen molar-refractivity contribution in [2.24, 2.45) is 0 Å². The summed E-state index contributed by atoms with van der Waals surface area (Å²) in [5.41, 5.74) is 4.26. The zero-order valence-electron chi connectivity index (χ0n) is 13.2. The van der Waals surface area contributed by atoms with Crippen molar-refractivity contribution < 1.29 is 14.7 Å². The molecule has 1 amide bonds. The van der Waals surface area contributed by atoms with Gasteiger partial charge in [0.15, 0.2) is 6.04 Å². The molecule has 118 valence electrons. The second kappa shape index (κ2) is 5.88. The van der Waals surface area contributed by atoms with Crippen LogP contribution in [0.15, 0.2) is 42.5 Å². The molecule has 0 aliphatic carbocycles. The van der Waals surface area contributed by atoms with Crippen LogP contribution in [0.5, 0.6) is 0 Å². The molecule has 0 aromatic heterocycles. The van der Waals surface area contributed by atoms with Gasteiger partial charge in [0.1, 0.15) is 0 Å². The van der Waals surface area contributed by atoms with E-state index in [4.69, 9.17) is 0 Å². The summed E-state index contributed by atoms with van der Waals surface area (Å²) in [6.07, 6.45) is 0.677. The predicted molar refractivity (Wildman–Crippen MR) is 87.5 cm³/mol. The molecular weight excluding hydrogens is 290 g/mol. The Morgan fingerprint density at radius 3 is 2.39 bits per heavy atom. The van der Waals surface area contributed by atoms with Gasteiger partial charge in [-0.25, -0.2) is 4.79 Å². The Labute approximate surface area is 135 Å². The van der Waals surface area contributed by atoms with Crippen molar-refractivity contribution in [3.63, 3.8) is 0 Å². The highest BCUT2D eigenvalue weighted by Gasteiger charge is 2.36. The van der Waals surface area contributed by atoms with Gasteiger partial charge in [0.05, 0.1) is 0 Å². The molecule has 0 spiro atoms. The average Bonchev–Trinajstić information content (AvgIpc) is 2.51. The molecule has 3 rings (SSSR count). The van der Waals surface area contributed by atoms with Crippen LogP contribution in [-0.4, -0.2) is 28.4 Å². The lowest BCUT2D eigenvalue weighted by Crippen LogP contribution is -2.43. The minimum absolute atomic E-state index is 0.223. The molecule has 1 atom stereocenters. The van der Waals surface area contributed by atoms with Gasteiger partial charge in [-0.1, -0.05) is 41.5 Å². The van der Waals surface area contributed by atoms with Crippen molar-refractivity contribution in [3.05, 3.63) is 70.3 Å². The Kier molecular flexibility index (Phi) is 3.90. The van der Waals surface area contributed by atoms with E-state index in [-0.39, 0.29) is 5.91 Å². The molecule has 4 heteroatoms. The van der Waals surface area contributed by atoms with Gasteiger partial charge in [0.2, 0.25) is 0 Å². The fourth-order valence-electron chi connectivity index (χ4n) is 3.32. The van der Waals surface area contributed by atoms with Gasteiger partial charge in [-0.2, -0.15) is 0 Å². The lowest BCUT2D eigenvalue weighted by molar-refractivity contribution is -0.143. The number of carbonyl (C=O) groups is 2. The zero-order valence-corrected chi connectivity index (χ0v) is 13.2. The first-order valence-corrected chi connectivity index (χ1v) is 7.67. The van der Waals surface area contributed by atoms with Crippen molar-refractivity contribution in [2.45, 2.75) is 26.3 Å². The smallest absolute Gasteiger partial charge is 0.331 e. The van der Waals surface area contributed by atoms with Crippen LogP contribution >= 0.6 is 0 Å². The van der Waals surface area contributed by atoms with E-state index in [0.717, 1.165) is 16.7 Å². The number of carboxylic acid groups (broad SMARTS) is 1. The van der Waals surface area contributed by atoms with Crippen LogP contribution in [0.25, 0.3) is 0 Å². The summed E-state index contributed by atoms with van der Waals surface area (Å²) in [4.78, 5) is 26.2. The molecule has 2 aromatic carbocycles. The third kappa shape index (κ3) is 2.84. The number of carboxylic acids is 1. The number of aliphatic carboxylic acids is 1. The van der Waals surface area contributed by atoms with Crippen molar-refractivity contribution in [3.8, 4) is 0 Å². The Morgan fingerprint density at radius 1 is 1.09 bits per heavy atom. The summed E-state index contributed by atoms with van der Waals surface area (Å²) in [5, 5.41) is 9.67. The van der Waals surface area contributed by atoms with Gasteiger partial charge in [-0.3, -0.25) is 4.79 Å². The van der Waals surface area contributed by atoms with Crippen LogP contribution < -0.4 is 0 Å². The maximum Gasteiger partial charge on any atom is 0.331 e. The van der Waals surface area contributed by atoms with Gasteiger partial charge >= 0.3 is 5.97 Å². The Hall–Kier alpha value is -2.62. The van der Waals surface area contributed by atoms with Gasteiger partial charge in [0, 0.05) is 12.1 Å². The first kappa shape index (κ1) is 15.3. The quantitative estimate of drug-likeness (QED) is 0.927. The second-order valence-corrected chi connectivity index (χ2v) is 6.06. The van der Waals surface area contributed by atoms with Crippen LogP contribution in [0.1, 0.15) is 38.7 Å². The van der Waals surface area contributed by atoms with Crippen LogP contribution in [0.4, 0.5) is 0 Å². The largest absolute Gasteiger partial charge is 0.479 e. The molecule has 23 heavy (non-hydrogen) atoms. The number of fused-ring (bicyclic) bond motifs is 1. The first-order chi connectivity index (χ1) is 11.0. The van der Waals surface area contributed by atoms with Crippen molar-refractivity contribution in [1.29, 1.82) is 0 Å². The Morgan fingerprint density at radius 2 is 1.74 bits per heavy atom. The molecule has 4 nitrogen and oxygen atoms in total. The summed E-state index contributed by atoms with van der Waals surface area (Å²) in [5.74, 6) is -1.21. The van der Waals surface area contributed by atoms with Gasteiger partial charge in [-0.05, 0) is 43.5 Å². The van der Waals surface area contributed by atoms with E-state index in [1.807, 2.05) is 50.2 Å². The fraction of sp³-hybridized carbons (Fsp3) is 0.263. The van der Waals surface area contributed by atoms with E-state index >= 15 is 0 Å². The molecule has 1 unspecified atom stereocenters. The highest BCUT2D eigenvalue weighted by Crippen LogP contribution is 2.31. The van der Waals surface area contributed by atoms with Crippen molar-refractivity contribution >= 4 is 11.9 Å². The molecule has 0 bridgehead atoms. The lowest BCUT2D eigenvalue weighted by atomic mass is 9.92. The molecule has 2 aromatic rings. The summed E-state index contributed by atoms with van der Waals surface area (Å²) >= 11 is 0. The van der Waals surface area contributed by atoms with E-state index in [1.54, 1.807) is 6.07 Å². The number of benzene rings is 2. The number of rotatable bonds is 2. The van der Waals surface area contributed by atoms with E-state index in [9.17, 15) is 14.7 Å². The fourth-order valence-corrected chi connectivity index (χ4v) is 3.32. The van der Waals surface area contributed by atoms with Crippen molar-refractivity contribution in [2.75, 3.05) is 6.54 Å². The van der Waals surface area contributed by atoms with E-state index in [1.165, 1.54) is 4.90 Å². The lowest BCUT2D eigenvalue weighted by Gasteiger charge is -2.35. The molecule has 1 N–H and O–H groups in total. The SMILES string of the molecule is Cc1cc(C)cc(C(=O)N2CCc3ccccc3C2C(=O)O)c1. The third-order valence-electron chi connectivity index (χ3n) is 4.25. The molecule has 1 aliphatic heterocycles. The zero-order chi connectivity index (χ0) is 16.6. The number of hydrogen-bond acceptors (Lipinski definition) is 2. The Balaban J connectivity index is 2.02. The summed E-state index contributed by atoms with van der Waals surface area (Å²) in [6.45, 7) is 4.29. The molecule has 1 heterocycles. The number of nitrogens with zero attached hydrogens (tertiary/aromatic N) is 1. The number of hydrogen-bond donors (Lipinski definition) is 1. The van der Waals surface area contributed by atoms with Crippen LogP contribution in [-0.2, 0) is 11.2 Å². The Bertz CT molecular complexity index is 762. The van der Waals surface area contributed by atoms with Gasteiger partial charge in [-0.15, -0.1) is 0 Å². The van der Waals surface area contributed by atoms with Crippen molar-refractivity contribution in [1.82, 2.24) is 4.90 Å². The van der Waals surface area contributed by atoms with E-state index in [0.29, 0.717) is 24.1 Å². The first-order valence-electron chi connectivity index (χ1n) is 7.67. The predicted octanol–water partition coefficient (Wildman–Crippen LogP) is 3.13. The number of amides is 1. The van der Waals surface area contributed by atoms with Crippen LogP contribution in [0, 0.1) is 13.8 Å². The second-order valence-electron chi connectivity index (χ2n) is 6.06. The number of aryl methyl sites for hydroxylation is 2. The summed E-state index contributed by atoms with van der Waals surface area (Å²) < 4.78 is 0. The monoisotopic (exact) mass is 309 g/mol. The van der Waals surface area contributed by atoms with Crippen LogP contribution in [0.3, 0.4) is 0 Å². The number of carbonyl (C=O) groups excluding carboxylic acids is 1. The van der Waals surface area contributed by atoms with E-state index in [2.05, 4.69) is 0 Å². The maximum atomic E-state index is 12.9. The summed E-state index contributed by atoms with van der Waals surface area (Å²) in [6, 6.07) is 12.2. The average molecular weight is 309 g/mol. The highest BCUT2D eigenvalue weighted by atomic mass is 16.4. The molecule has 0 saturated heterocycles. The molecule has 0 fully saturated rings. The highest BCUT2D eigenvalue weighted by molar-refractivity contribution is 5.97. The molecule has 0 radical (unpaired) electrons. The van der Waals surface area contributed by atoms with E-state index < -0.39 is 12.0 Å². The molecular formula is C19H19NO3. The maximum absolute atomic E-state index is 12.9. The molecule has 0 saturated carbocycles. The summed E-state index contributed by atoms with van der Waals surface area (Å²) in [7, 11) is 0. The topological polar surface area (TPSA) is 57.6 Å². The third-order valence-corrected chi connectivity index (χ3v) is 4.25. The minimum atomic E-state index is -0.991. The van der Waals surface area contributed by atoms with Gasteiger partial charge < -0.3 is 10.0 Å². The van der Waals surface area contributed by atoms with Gasteiger partial charge in [0.25, 0.3) is 5.91 Å². The molecule has 1 aliphatic rings.